The minimum atomic E-state index is -0.317. The average Bonchev–Trinajstić information content (AvgIpc) is 2.38. The van der Waals surface area contributed by atoms with Crippen LogP contribution in [0.1, 0.15) is 0 Å². The third-order valence-corrected chi connectivity index (χ3v) is 6.35. The molecule has 0 saturated carbocycles. The van der Waals surface area contributed by atoms with Crippen molar-refractivity contribution in [3.05, 3.63) is 64.7 Å². The van der Waals surface area contributed by atoms with Crippen molar-refractivity contribution in [1.82, 2.24) is 0 Å². The molecule has 0 atom stereocenters. The molecule has 0 aromatic heterocycles. The standard InChI is InChI=1S/C12H9NO2SSe/c14-13(15)11-8-4-5-9-12(11)17-16-10-6-2-1-3-7-10/h1-9H. The van der Waals surface area contributed by atoms with Crippen molar-refractivity contribution >= 4 is 34.2 Å². The summed E-state index contributed by atoms with van der Waals surface area (Å²) in [6, 6.07) is 16.9. The van der Waals surface area contributed by atoms with Crippen LogP contribution in [0.25, 0.3) is 0 Å². The van der Waals surface area contributed by atoms with E-state index in [9.17, 15) is 10.1 Å². The van der Waals surface area contributed by atoms with E-state index in [0.717, 1.165) is 9.36 Å². The van der Waals surface area contributed by atoms with Gasteiger partial charge < -0.3 is 0 Å². The second-order valence-electron chi connectivity index (χ2n) is 3.20. The van der Waals surface area contributed by atoms with Crippen LogP contribution in [0, 0.1) is 10.1 Å². The van der Waals surface area contributed by atoms with Gasteiger partial charge in [-0.1, -0.05) is 0 Å². The van der Waals surface area contributed by atoms with Gasteiger partial charge in [0, 0.05) is 0 Å². The number of nitro benzene ring substituents is 1. The molecule has 0 aliphatic carbocycles. The molecule has 0 aliphatic rings. The maximum atomic E-state index is 10.8. The van der Waals surface area contributed by atoms with Crippen LogP contribution in [0.3, 0.4) is 0 Å². The molecule has 0 unspecified atom stereocenters. The number of nitrogens with zero attached hydrogens (tertiary/aromatic N) is 1. The van der Waals surface area contributed by atoms with Gasteiger partial charge in [0.05, 0.1) is 0 Å². The summed E-state index contributed by atoms with van der Waals surface area (Å²) in [6.45, 7) is 0. The summed E-state index contributed by atoms with van der Waals surface area (Å²) in [5.41, 5.74) is 0.218. The van der Waals surface area contributed by atoms with Crippen molar-refractivity contribution in [2.24, 2.45) is 0 Å². The SMILES string of the molecule is O=[N+]([O-])c1ccccc1[Se]Sc1ccccc1. The summed E-state index contributed by atoms with van der Waals surface area (Å²) in [4.78, 5) is 11.7. The number of para-hydroxylation sites is 1. The van der Waals surface area contributed by atoms with Crippen molar-refractivity contribution in [3.63, 3.8) is 0 Å². The Balaban J connectivity index is 2.12. The molecule has 2 aromatic carbocycles. The first kappa shape index (κ1) is 12.2. The molecular formula is C12H9NO2SSe. The van der Waals surface area contributed by atoms with Crippen molar-refractivity contribution < 1.29 is 4.92 Å². The van der Waals surface area contributed by atoms with Gasteiger partial charge in [-0.3, -0.25) is 0 Å². The topological polar surface area (TPSA) is 43.1 Å². The van der Waals surface area contributed by atoms with Gasteiger partial charge in [0.2, 0.25) is 0 Å². The Morgan fingerprint density at radius 1 is 1.00 bits per heavy atom. The van der Waals surface area contributed by atoms with Crippen LogP contribution >= 0.6 is 10.2 Å². The van der Waals surface area contributed by atoms with Gasteiger partial charge in [0.25, 0.3) is 0 Å². The first-order valence-electron chi connectivity index (χ1n) is 4.90. The molecule has 17 heavy (non-hydrogen) atoms. The van der Waals surface area contributed by atoms with Crippen LogP contribution in [-0.4, -0.2) is 18.8 Å². The Labute approximate surface area is 109 Å². The van der Waals surface area contributed by atoms with Crippen LogP contribution in [0.4, 0.5) is 5.69 Å². The predicted molar refractivity (Wildman–Crippen MR) is 70.8 cm³/mol. The Morgan fingerprint density at radius 3 is 2.35 bits per heavy atom. The zero-order valence-electron chi connectivity index (χ0n) is 8.78. The molecule has 2 rings (SSSR count). The molecule has 86 valence electrons. The van der Waals surface area contributed by atoms with Crippen molar-refractivity contribution in [2.45, 2.75) is 4.90 Å². The predicted octanol–water partition coefficient (Wildman–Crippen LogP) is 2.63. The Morgan fingerprint density at radius 2 is 1.65 bits per heavy atom. The molecule has 0 spiro atoms. The molecule has 0 N–H and O–H groups in total. The number of nitro groups is 1. The van der Waals surface area contributed by atoms with E-state index in [0.29, 0.717) is 0 Å². The Bertz CT molecular complexity index is 519. The van der Waals surface area contributed by atoms with Gasteiger partial charge in [-0.25, -0.2) is 0 Å². The molecule has 0 heterocycles. The van der Waals surface area contributed by atoms with Gasteiger partial charge in [-0.2, -0.15) is 0 Å². The van der Waals surface area contributed by atoms with E-state index < -0.39 is 0 Å². The summed E-state index contributed by atoms with van der Waals surface area (Å²) in [5.74, 6) is 0. The average molecular weight is 310 g/mol. The summed E-state index contributed by atoms with van der Waals surface area (Å²) in [5, 5.41) is 10.8. The Kier molecular flexibility index (Phi) is 4.20. The summed E-state index contributed by atoms with van der Waals surface area (Å²) in [7, 11) is 1.66. The van der Waals surface area contributed by atoms with Crippen LogP contribution in [0.15, 0.2) is 59.5 Å². The third-order valence-electron chi connectivity index (χ3n) is 2.03. The quantitative estimate of drug-likeness (QED) is 0.495. The van der Waals surface area contributed by atoms with Crippen molar-refractivity contribution in [3.8, 4) is 0 Å². The zero-order valence-corrected chi connectivity index (χ0v) is 11.3. The van der Waals surface area contributed by atoms with Crippen LogP contribution in [-0.2, 0) is 0 Å². The van der Waals surface area contributed by atoms with Crippen LogP contribution in [0.5, 0.6) is 0 Å². The molecule has 3 nitrogen and oxygen atoms in total. The molecule has 0 saturated heterocycles. The number of hydrogen-bond acceptors (Lipinski definition) is 3. The molecule has 0 radical (unpaired) electrons. The van der Waals surface area contributed by atoms with E-state index >= 15 is 0 Å². The number of rotatable bonds is 4. The van der Waals surface area contributed by atoms with Crippen molar-refractivity contribution in [1.29, 1.82) is 0 Å². The summed E-state index contributed by atoms with van der Waals surface area (Å²) >= 11 is 0.0189. The van der Waals surface area contributed by atoms with Crippen molar-refractivity contribution in [2.75, 3.05) is 0 Å². The monoisotopic (exact) mass is 311 g/mol. The fourth-order valence-electron chi connectivity index (χ4n) is 1.25. The second-order valence-corrected chi connectivity index (χ2v) is 7.03. The maximum absolute atomic E-state index is 10.8. The first-order chi connectivity index (χ1) is 8.27. The van der Waals surface area contributed by atoms with Crippen LogP contribution in [0.2, 0.25) is 0 Å². The number of benzene rings is 2. The number of hydrogen-bond donors (Lipinski definition) is 0. The van der Waals surface area contributed by atoms with E-state index in [1.807, 2.05) is 42.5 Å². The van der Waals surface area contributed by atoms with Gasteiger partial charge in [-0.15, -0.1) is 0 Å². The van der Waals surface area contributed by atoms with E-state index in [-0.39, 0.29) is 24.4 Å². The molecule has 2 aromatic rings. The summed E-state index contributed by atoms with van der Waals surface area (Å²) in [6.07, 6.45) is 0. The molecule has 0 aliphatic heterocycles. The van der Waals surface area contributed by atoms with E-state index in [1.54, 1.807) is 22.3 Å². The molecule has 0 fully saturated rings. The molecule has 0 bridgehead atoms. The fraction of sp³-hybridized carbons (Fsp3) is 0. The van der Waals surface area contributed by atoms with Gasteiger partial charge in [0.15, 0.2) is 0 Å². The van der Waals surface area contributed by atoms with Crippen LogP contribution < -0.4 is 4.46 Å². The van der Waals surface area contributed by atoms with Gasteiger partial charge in [0.1, 0.15) is 0 Å². The zero-order chi connectivity index (χ0) is 12.1. The molecule has 5 heteroatoms. The molecule has 0 amide bonds. The second kappa shape index (κ2) is 5.87. The Hall–Kier alpha value is -1.29. The minimum absolute atomic E-state index is 0.0189. The van der Waals surface area contributed by atoms with Gasteiger partial charge in [-0.05, 0) is 0 Å². The van der Waals surface area contributed by atoms with E-state index in [2.05, 4.69) is 0 Å². The normalized spacial score (nSPS) is 10.1. The van der Waals surface area contributed by atoms with Gasteiger partial charge >= 0.3 is 109 Å². The molecular weight excluding hydrogens is 301 g/mol. The van der Waals surface area contributed by atoms with E-state index in [1.165, 1.54) is 0 Å². The first-order valence-corrected chi connectivity index (χ1v) is 8.60. The summed E-state index contributed by atoms with van der Waals surface area (Å²) < 4.78 is 0.818. The fourth-order valence-corrected chi connectivity index (χ4v) is 5.06. The van der Waals surface area contributed by atoms with E-state index in [4.69, 9.17) is 0 Å². The third kappa shape index (κ3) is 3.33.